The molecule has 4 rings (SSSR count). The first-order valence-corrected chi connectivity index (χ1v) is 23.0. The Balaban J connectivity index is 1.54. The number of rotatable bonds is 10. The van der Waals surface area contributed by atoms with Crippen LogP contribution in [-0.2, 0) is 28.6 Å². The van der Waals surface area contributed by atoms with Gasteiger partial charge in [0.15, 0.2) is 0 Å². The summed E-state index contributed by atoms with van der Waals surface area (Å²) in [6.07, 6.45) is 5.73. The summed E-state index contributed by atoms with van der Waals surface area (Å²) in [6.45, 7) is 20.9. The molecule has 2 saturated heterocycles. The Morgan fingerprint density at radius 3 is 2.13 bits per heavy atom. The number of ether oxygens (including phenoxy) is 3. The van der Waals surface area contributed by atoms with Gasteiger partial charge in [-0.05, 0) is 94.1 Å². The van der Waals surface area contributed by atoms with Crippen molar-refractivity contribution in [3.63, 3.8) is 0 Å². The normalized spacial score (nSPS) is 35.5. The number of fused-ring (bicyclic) bond motifs is 2. The molecule has 2 heterocycles. The largest absolute Gasteiger partial charge is 0.463 e. The quantitative estimate of drug-likeness (QED) is 0.161. The van der Waals surface area contributed by atoms with Gasteiger partial charge in [-0.1, -0.05) is 46.2 Å². The molecule has 2 bridgehead atoms. The molecule has 0 aromatic carbocycles. The fourth-order valence-electron chi connectivity index (χ4n) is 8.50. The van der Waals surface area contributed by atoms with E-state index in [9.17, 15) is 14.4 Å². The lowest BCUT2D eigenvalue weighted by Gasteiger charge is -2.41. The summed E-state index contributed by atoms with van der Waals surface area (Å²) >= 11 is 0. The lowest BCUT2D eigenvalue weighted by molar-refractivity contribution is -0.160. The summed E-state index contributed by atoms with van der Waals surface area (Å²) < 4.78 is 17.8. The van der Waals surface area contributed by atoms with E-state index in [0.29, 0.717) is 24.9 Å². The van der Waals surface area contributed by atoms with Crippen molar-refractivity contribution in [2.45, 2.75) is 123 Å². The van der Waals surface area contributed by atoms with Gasteiger partial charge in [0.25, 0.3) is 0 Å². The maximum Gasteiger partial charge on any atom is 0.320 e. The van der Waals surface area contributed by atoms with Crippen LogP contribution in [0, 0.1) is 46.8 Å². The van der Waals surface area contributed by atoms with Crippen molar-refractivity contribution in [1.82, 2.24) is 0 Å². The summed E-state index contributed by atoms with van der Waals surface area (Å²) in [5.74, 6) is -0.442. The minimum Gasteiger partial charge on any atom is -0.463 e. The minimum atomic E-state index is -1.42. The van der Waals surface area contributed by atoms with Gasteiger partial charge in [0.1, 0.15) is 0 Å². The predicted octanol–water partition coefficient (Wildman–Crippen LogP) is 6.78. The molecule has 6 nitrogen and oxygen atoms in total. The van der Waals surface area contributed by atoms with E-state index >= 15 is 0 Å². The Morgan fingerprint density at radius 1 is 0.949 bits per heavy atom. The number of hydrogen-bond donors (Lipinski definition) is 0. The average Bonchev–Trinajstić information content (AvgIpc) is 3.45. The lowest BCUT2D eigenvalue weighted by atomic mass is 9.63. The molecule has 39 heavy (non-hydrogen) atoms. The van der Waals surface area contributed by atoms with Crippen molar-refractivity contribution in [3.05, 3.63) is 0 Å². The fourth-order valence-corrected chi connectivity index (χ4v) is 12.0. The van der Waals surface area contributed by atoms with Crippen LogP contribution < -0.4 is 0 Å². The van der Waals surface area contributed by atoms with E-state index in [1.54, 1.807) is 0 Å². The maximum absolute atomic E-state index is 13.8. The highest BCUT2D eigenvalue weighted by atomic mass is 28.3. The summed E-state index contributed by atoms with van der Waals surface area (Å²) in [7, 11) is -2.83. The zero-order valence-corrected chi connectivity index (χ0v) is 28.0. The van der Waals surface area contributed by atoms with Crippen LogP contribution >= 0.6 is 0 Å². The van der Waals surface area contributed by atoms with Gasteiger partial charge in [0, 0.05) is 22.8 Å². The highest BCUT2D eigenvalue weighted by Crippen LogP contribution is 2.60. The summed E-state index contributed by atoms with van der Waals surface area (Å²) in [5, 5.41) is 0. The zero-order chi connectivity index (χ0) is 28.9. The van der Waals surface area contributed by atoms with Crippen LogP contribution in [0.15, 0.2) is 0 Å². The van der Waals surface area contributed by atoms with Crippen molar-refractivity contribution >= 4 is 34.1 Å². The fraction of sp³-hybridized carbons (Fsp3) is 0.903. The second-order valence-electron chi connectivity index (χ2n) is 16.5. The molecule has 0 aromatic rings. The third-order valence-corrected chi connectivity index (χ3v) is 13.3. The maximum atomic E-state index is 13.8. The number of cyclic esters (lactones) is 2. The van der Waals surface area contributed by atoms with E-state index in [1.165, 1.54) is 0 Å². The summed E-state index contributed by atoms with van der Waals surface area (Å²) in [5.41, 5.74) is -0.652. The Bertz CT molecular complexity index is 918. The van der Waals surface area contributed by atoms with Crippen LogP contribution in [-0.4, -0.2) is 52.9 Å². The van der Waals surface area contributed by atoms with Crippen molar-refractivity contribution < 1.29 is 28.6 Å². The van der Waals surface area contributed by atoms with Gasteiger partial charge < -0.3 is 14.2 Å². The monoisotopic (exact) mass is 578 g/mol. The highest BCUT2D eigenvalue weighted by molar-refractivity contribution is 6.78. The minimum absolute atomic E-state index is 0.0114. The molecule has 0 N–H and O–H groups in total. The molecule has 8 atom stereocenters. The number of hydrogen-bond acceptors (Lipinski definition) is 6. The van der Waals surface area contributed by atoms with Crippen LogP contribution in [0.1, 0.15) is 59.3 Å². The van der Waals surface area contributed by atoms with Crippen LogP contribution in [0.2, 0.25) is 51.4 Å². The molecule has 2 aliphatic heterocycles. The van der Waals surface area contributed by atoms with Gasteiger partial charge >= 0.3 is 17.9 Å². The zero-order valence-electron chi connectivity index (χ0n) is 26.0. The standard InChI is InChI=1S/C31H54O6Si2/c1-19-11-10-14-35-27(19)26-25(28(32)37-29(26)33)24-21-13-12-20(15-21)23(24)16-31(2,3)30(34)36-22(17-38(4,5)6)18-39(7,8)9/h19-27H,10-18H2,1-9H3. The van der Waals surface area contributed by atoms with Gasteiger partial charge in [0.2, 0.25) is 0 Å². The van der Waals surface area contributed by atoms with E-state index in [2.05, 4.69) is 46.2 Å². The summed E-state index contributed by atoms with van der Waals surface area (Å²) in [4.78, 5) is 40.1. The Labute approximate surface area is 238 Å². The molecule has 2 aliphatic carbocycles. The number of carbonyl (C=O) groups excluding carboxylic acids is 3. The molecule has 222 valence electrons. The molecule has 0 radical (unpaired) electrons. The molecule has 4 aliphatic rings. The predicted molar refractivity (Wildman–Crippen MR) is 159 cm³/mol. The molecule has 4 fully saturated rings. The second kappa shape index (κ2) is 11.4. The molecular weight excluding hydrogens is 525 g/mol. The van der Waals surface area contributed by atoms with E-state index in [1.807, 2.05) is 13.8 Å². The Kier molecular flexibility index (Phi) is 9.01. The SMILES string of the molecule is CC1CCCOC1C1C(=O)OC(=O)C1C1C2CCC(C2)C1CC(C)(C)C(=O)OC(C[Si](C)(C)C)C[Si](C)(C)C. The van der Waals surface area contributed by atoms with Crippen molar-refractivity contribution in [3.8, 4) is 0 Å². The first-order chi connectivity index (χ1) is 18.0. The van der Waals surface area contributed by atoms with Crippen molar-refractivity contribution in [2.24, 2.45) is 46.8 Å². The van der Waals surface area contributed by atoms with Gasteiger partial charge in [-0.2, -0.15) is 0 Å². The molecular formula is C31H54O6Si2. The molecule has 0 amide bonds. The van der Waals surface area contributed by atoms with Crippen LogP contribution in [0.3, 0.4) is 0 Å². The molecule has 8 heteroatoms. The van der Waals surface area contributed by atoms with Gasteiger partial charge in [-0.25, -0.2) is 0 Å². The average molecular weight is 579 g/mol. The van der Waals surface area contributed by atoms with Gasteiger partial charge in [-0.15, -0.1) is 0 Å². The smallest absolute Gasteiger partial charge is 0.320 e. The Hall–Kier alpha value is -0.996. The molecule has 8 unspecified atom stereocenters. The lowest BCUT2D eigenvalue weighted by Crippen LogP contribution is -2.46. The van der Waals surface area contributed by atoms with E-state index in [4.69, 9.17) is 14.2 Å². The van der Waals surface area contributed by atoms with Crippen LogP contribution in [0.25, 0.3) is 0 Å². The third-order valence-electron chi connectivity index (χ3n) is 9.99. The number of esters is 3. The molecule has 0 spiro atoms. The van der Waals surface area contributed by atoms with Gasteiger partial charge in [0.05, 0.1) is 29.5 Å². The van der Waals surface area contributed by atoms with Crippen molar-refractivity contribution in [2.75, 3.05) is 6.61 Å². The van der Waals surface area contributed by atoms with E-state index in [0.717, 1.165) is 44.2 Å². The first-order valence-electron chi connectivity index (χ1n) is 15.5. The second-order valence-corrected chi connectivity index (χ2v) is 27.5. The summed E-state index contributed by atoms with van der Waals surface area (Å²) in [6, 6.07) is 1.99. The molecule has 2 saturated carbocycles. The topological polar surface area (TPSA) is 78.9 Å². The van der Waals surface area contributed by atoms with Gasteiger partial charge in [-0.3, -0.25) is 14.4 Å². The molecule has 0 aromatic heterocycles. The van der Waals surface area contributed by atoms with Crippen molar-refractivity contribution in [1.29, 1.82) is 0 Å². The number of carbonyl (C=O) groups is 3. The first kappa shape index (κ1) is 31.0. The highest BCUT2D eigenvalue weighted by Gasteiger charge is 2.61. The van der Waals surface area contributed by atoms with E-state index < -0.39 is 39.4 Å². The van der Waals surface area contributed by atoms with Crippen LogP contribution in [0.4, 0.5) is 0 Å². The van der Waals surface area contributed by atoms with E-state index in [-0.39, 0.29) is 41.9 Å². The Morgan fingerprint density at radius 2 is 1.54 bits per heavy atom. The third kappa shape index (κ3) is 7.08. The van der Waals surface area contributed by atoms with Crippen LogP contribution in [0.5, 0.6) is 0 Å².